The van der Waals surface area contributed by atoms with E-state index >= 15 is 0 Å². The zero-order chi connectivity index (χ0) is 28.9. The van der Waals surface area contributed by atoms with Gasteiger partial charge in [0.15, 0.2) is 11.5 Å². The minimum atomic E-state index is -0.219. The molecule has 0 bridgehead atoms. The number of fused-ring (bicyclic) bond motifs is 2. The van der Waals surface area contributed by atoms with Gasteiger partial charge in [0.2, 0.25) is 0 Å². The predicted molar refractivity (Wildman–Crippen MR) is 163 cm³/mol. The highest BCUT2D eigenvalue weighted by Crippen LogP contribution is 2.35. The number of hydrazine groups is 1. The van der Waals surface area contributed by atoms with Crippen molar-refractivity contribution in [3.63, 3.8) is 0 Å². The predicted octanol–water partition coefficient (Wildman–Crippen LogP) is 5.62. The van der Waals surface area contributed by atoms with Crippen molar-refractivity contribution in [3.8, 4) is 23.0 Å². The molecule has 0 saturated carbocycles. The van der Waals surface area contributed by atoms with Crippen LogP contribution in [0.25, 0.3) is 21.7 Å². The fourth-order valence-corrected chi connectivity index (χ4v) is 5.10. The molecule has 4 aromatic carbocycles. The number of piperazine rings is 1. The lowest BCUT2D eigenvalue weighted by Gasteiger charge is -2.35. The first-order valence-corrected chi connectivity index (χ1v) is 13.8. The number of nitrogens with zero attached hydrogens (tertiary/aromatic N) is 4. The van der Waals surface area contributed by atoms with Crippen LogP contribution in [0.1, 0.15) is 10.4 Å². The Labute approximate surface area is 243 Å². The summed E-state index contributed by atoms with van der Waals surface area (Å²) in [7, 11) is 1.61. The number of carbonyl (C=O) groups excluding carboxylic acids is 1. The average Bonchev–Trinajstić information content (AvgIpc) is 3.04. The number of amides is 1. The van der Waals surface area contributed by atoms with Gasteiger partial charge in [-0.3, -0.25) is 10.2 Å². The van der Waals surface area contributed by atoms with Gasteiger partial charge >= 0.3 is 0 Å². The number of hydrogen-bond donors (Lipinski definition) is 1. The van der Waals surface area contributed by atoms with Gasteiger partial charge in [-0.1, -0.05) is 61.2 Å². The maximum Gasteiger partial charge on any atom is 0.269 e. The van der Waals surface area contributed by atoms with Crippen LogP contribution in [-0.4, -0.2) is 60.8 Å². The third-order valence-electron chi connectivity index (χ3n) is 7.20. The van der Waals surface area contributed by atoms with E-state index in [0.29, 0.717) is 61.3 Å². The second kappa shape index (κ2) is 12.2. The number of hydrogen-bond acceptors (Lipinski definition) is 8. The third kappa shape index (κ3) is 5.55. The summed E-state index contributed by atoms with van der Waals surface area (Å²) in [5.41, 5.74) is 4.29. The fourth-order valence-electron chi connectivity index (χ4n) is 5.10. The normalized spacial score (nSPS) is 13.6. The molecule has 9 heteroatoms. The maximum absolute atomic E-state index is 13.4. The molecule has 1 aliphatic rings. The van der Waals surface area contributed by atoms with Crippen LogP contribution in [0.3, 0.4) is 0 Å². The van der Waals surface area contributed by atoms with Gasteiger partial charge in [0.25, 0.3) is 5.91 Å². The molecule has 0 radical (unpaired) electrons. The summed E-state index contributed by atoms with van der Waals surface area (Å²) in [6.07, 6.45) is 3.24. The molecule has 212 valence electrons. The van der Waals surface area contributed by atoms with E-state index in [0.717, 1.165) is 27.5 Å². The van der Waals surface area contributed by atoms with Gasteiger partial charge in [-0.15, -0.1) is 0 Å². The van der Waals surface area contributed by atoms with Gasteiger partial charge in [0.1, 0.15) is 30.3 Å². The summed E-state index contributed by atoms with van der Waals surface area (Å²) >= 11 is 0. The Morgan fingerprint density at radius 1 is 0.881 bits per heavy atom. The molecule has 5 aromatic rings. The van der Waals surface area contributed by atoms with Gasteiger partial charge in [0, 0.05) is 43.0 Å². The van der Waals surface area contributed by atoms with E-state index in [1.807, 2.05) is 77.8 Å². The molecule has 42 heavy (non-hydrogen) atoms. The van der Waals surface area contributed by atoms with Gasteiger partial charge in [-0.2, -0.15) is 0 Å². The van der Waals surface area contributed by atoms with Crippen LogP contribution in [0.2, 0.25) is 0 Å². The molecule has 6 rings (SSSR count). The van der Waals surface area contributed by atoms with E-state index in [1.165, 1.54) is 0 Å². The van der Waals surface area contributed by atoms with Crippen molar-refractivity contribution in [2.75, 3.05) is 44.8 Å². The van der Waals surface area contributed by atoms with Crippen LogP contribution in [-0.2, 0) is 0 Å². The third-order valence-corrected chi connectivity index (χ3v) is 7.20. The highest BCUT2D eigenvalue weighted by Gasteiger charge is 2.23. The highest BCUT2D eigenvalue weighted by atomic mass is 16.5. The van der Waals surface area contributed by atoms with Gasteiger partial charge in [-0.25, -0.2) is 15.0 Å². The first kappa shape index (κ1) is 27.0. The number of carbonyl (C=O) groups is 1. The topological polar surface area (TPSA) is 89.1 Å². The molecule has 0 unspecified atom stereocenters. The number of benzene rings is 4. The lowest BCUT2D eigenvalue weighted by Crippen LogP contribution is -2.53. The Morgan fingerprint density at radius 3 is 2.48 bits per heavy atom. The molecule has 1 fully saturated rings. The van der Waals surface area contributed by atoms with Crippen molar-refractivity contribution in [1.29, 1.82) is 0 Å². The number of ether oxygens (including phenoxy) is 3. The van der Waals surface area contributed by atoms with E-state index in [1.54, 1.807) is 25.6 Å². The second-order valence-electron chi connectivity index (χ2n) is 9.81. The molecule has 0 spiro atoms. The second-order valence-corrected chi connectivity index (χ2v) is 9.81. The minimum Gasteiger partial charge on any atom is -0.493 e. The molecule has 1 N–H and O–H groups in total. The summed E-state index contributed by atoms with van der Waals surface area (Å²) in [6, 6.07) is 25.0. The van der Waals surface area contributed by atoms with Crippen molar-refractivity contribution < 1.29 is 19.0 Å². The van der Waals surface area contributed by atoms with Crippen molar-refractivity contribution in [3.05, 3.63) is 103 Å². The number of nitrogens with one attached hydrogen (secondary N) is 1. The highest BCUT2D eigenvalue weighted by molar-refractivity contribution is 5.97. The molecule has 0 atom stereocenters. The first-order chi connectivity index (χ1) is 20.6. The Hall–Kier alpha value is -5.15. The zero-order valence-electron chi connectivity index (χ0n) is 23.3. The van der Waals surface area contributed by atoms with Gasteiger partial charge in [0.05, 0.1) is 18.2 Å². The van der Waals surface area contributed by atoms with Crippen LogP contribution < -0.4 is 24.5 Å². The van der Waals surface area contributed by atoms with E-state index in [2.05, 4.69) is 26.9 Å². The molecular weight excluding hydrogens is 530 g/mol. The Morgan fingerprint density at radius 2 is 1.64 bits per heavy atom. The molecule has 2 heterocycles. The van der Waals surface area contributed by atoms with Crippen LogP contribution in [0.15, 0.2) is 97.8 Å². The standard InChI is InChI=1S/C33H31N5O4/c1-3-19-41-31-21-27-26(20-30(31)40-2)32(35-22-34-27)37-15-17-38(18-16-37)36-33(39)25-12-6-7-13-29(25)42-28-14-8-10-23-9-4-5-11-24(23)28/h3-14,20-22H,1,15-19H2,2H3,(H,36,39). The monoisotopic (exact) mass is 561 g/mol. The van der Waals surface area contributed by atoms with E-state index in [-0.39, 0.29) is 5.91 Å². The van der Waals surface area contributed by atoms with Gasteiger partial charge < -0.3 is 19.1 Å². The quantitative estimate of drug-likeness (QED) is 0.232. The minimum absolute atomic E-state index is 0.219. The maximum atomic E-state index is 13.4. The number of anilines is 1. The Kier molecular flexibility index (Phi) is 7.83. The van der Waals surface area contributed by atoms with Crippen LogP contribution in [0, 0.1) is 0 Å². The lowest BCUT2D eigenvalue weighted by molar-refractivity contribution is 0.0775. The molecule has 9 nitrogen and oxygen atoms in total. The van der Waals surface area contributed by atoms with Crippen LogP contribution in [0.4, 0.5) is 5.82 Å². The van der Waals surface area contributed by atoms with Crippen LogP contribution in [0.5, 0.6) is 23.0 Å². The molecule has 1 saturated heterocycles. The molecule has 1 amide bonds. The molecule has 0 aliphatic carbocycles. The van der Waals surface area contributed by atoms with Crippen molar-refractivity contribution >= 4 is 33.4 Å². The summed E-state index contributed by atoms with van der Waals surface area (Å²) in [5.74, 6) is 3.01. The summed E-state index contributed by atoms with van der Waals surface area (Å²) < 4.78 is 17.6. The van der Waals surface area contributed by atoms with Gasteiger partial charge in [-0.05, 0) is 29.7 Å². The first-order valence-electron chi connectivity index (χ1n) is 13.8. The fraction of sp³-hybridized carbons (Fsp3) is 0.182. The largest absolute Gasteiger partial charge is 0.493 e. The smallest absolute Gasteiger partial charge is 0.269 e. The average molecular weight is 562 g/mol. The summed E-state index contributed by atoms with van der Waals surface area (Å²) in [4.78, 5) is 24.6. The Bertz CT molecular complexity index is 1740. The molecule has 1 aliphatic heterocycles. The number of methoxy groups -OCH3 is 1. The van der Waals surface area contributed by atoms with E-state index < -0.39 is 0 Å². The number of aromatic nitrogens is 2. The number of para-hydroxylation sites is 1. The van der Waals surface area contributed by atoms with E-state index in [4.69, 9.17) is 14.2 Å². The van der Waals surface area contributed by atoms with Crippen molar-refractivity contribution in [1.82, 2.24) is 20.4 Å². The SMILES string of the molecule is C=CCOc1cc2ncnc(N3CCN(NC(=O)c4ccccc4Oc4cccc5ccccc45)CC3)c2cc1OC. The van der Waals surface area contributed by atoms with Crippen molar-refractivity contribution in [2.24, 2.45) is 0 Å². The van der Waals surface area contributed by atoms with E-state index in [9.17, 15) is 4.79 Å². The number of rotatable bonds is 9. The lowest BCUT2D eigenvalue weighted by atomic mass is 10.1. The molecule has 1 aromatic heterocycles. The van der Waals surface area contributed by atoms with Crippen LogP contribution >= 0.6 is 0 Å². The van der Waals surface area contributed by atoms with Crippen molar-refractivity contribution in [2.45, 2.75) is 0 Å². The Balaban J connectivity index is 1.15. The molecular formula is C33H31N5O4. The summed E-state index contributed by atoms with van der Waals surface area (Å²) in [5, 5.41) is 4.86. The zero-order valence-corrected chi connectivity index (χ0v) is 23.3. The summed E-state index contributed by atoms with van der Waals surface area (Å²) in [6.45, 7) is 6.63.